The van der Waals surface area contributed by atoms with Gasteiger partial charge in [0.05, 0.1) is 40.1 Å². The number of likely N-dealkylation sites (tertiary alicyclic amines) is 2. The van der Waals surface area contributed by atoms with E-state index in [1.54, 1.807) is 0 Å². The summed E-state index contributed by atoms with van der Waals surface area (Å²) in [6.45, 7) is 8.88. The highest BCUT2D eigenvalue weighted by molar-refractivity contribution is 5.84. The van der Waals surface area contributed by atoms with Crippen molar-refractivity contribution < 1.29 is 9.59 Å². The standard InChI is InChI=1S/C43H47N7O2/c1-28(2)42(51)49-22-10-16-38(49)40-44-34-20-18-30(24-36(34)46-40)26-48(33-14-8-5-9-15-33)27-31-19-21-35-37(25-31)47-41(45-35)39-17-11-23-50(39)43(52)29(3)32-12-6-4-7-13-32/h4-9,12-15,18-21,24-25,28-29,38-39H,10-11,16-17,22-23,26-27H2,1-3H3,(H,44,46)(H,45,47). The number of imidazole rings is 2. The van der Waals surface area contributed by atoms with Crippen molar-refractivity contribution in [2.24, 2.45) is 5.92 Å². The molecule has 0 aliphatic carbocycles. The van der Waals surface area contributed by atoms with Crippen LogP contribution in [0.1, 0.15) is 92.8 Å². The Morgan fingerprint density at radius 2 is 1.19 bits per heavy atom. The Labute approximate surface area is 305 Å². The fourth-order valence-electron chi connectivity index (χ4n) is 8.08. The molecule has 2 fully saturated rings. The van der Waals surface area contributed by atoms with Crippen LogP contribution in [0.5, 0.6) is 0 Å². The summed E-state index contributed by atoms with van der Waals surface area (Å²) in [7, 11) is 0. The number of nitrogens with one attached hydrogen (secondary N) is 2. The second kappa shape index (κ2) is 14.3. The van der Waals surface area contributed by atoms with Gasteiger partial charge in [-0.1, -0.05) is 74.5 Å². The predicted octanol–water partition coefficient (Wildman–Crippen LogP) is 8.43. The van der Waals surface area contributed by atoms with Gasteiger partial charge in [-0.05, 0) is 85.7 Å². The number of aromatic amines is 2. The molecule has 2 amide bonds. The highest BCUT2D eigenvalue weighted by Crippen LogP contribution is 2.35. The Kier molecular flexibility index (Phi) is 9.26. The molecule has 4 heterocycles. The van der Waals surface area contributed by atoms with Gasteiger partial charge in [0.15, 0.2) is 0 Å². The Hall–Kier alpha value is -5.44. The summed E-state index contributed by atoms with van der Waals surface area (Å²) in [5.41, 5.74) is 8.34. The summed E-state index contributed by atoms with van der Waals surface area (Å²) in [4.78, 5) is 50.1. The predicted molar refractivity (Wildman–Crippen MR) is 206 cm³/mol. The van der Waals surface area contributed by atoms with Gasteiger partial charge in [0.25, 0.3) is 0 Å². The highest BCUT2D eigenvalue weighted by atomic mass is 16.2. The number of hydrogen-bond acceptors (Lipinski definition) is 5. The molecule has 266 valence electrons. The van der Waals surface area contributed by atoms with Crippen LogP contribution in [-0.4, -0.2) is 54.6 Å². The second-order valence-electron chi connectivity index (χ2n) is 14.8. The number of carbonyl (C=O) groups is 2. The number of para-hydroxylation sites is 1. The van der Waals surface area contributed by atoms with E-state index in [2.05, 4.69) is 75.5 Å². The quantitative estimate of drug-likeness (QED) is 0.150. The lowest BCUT2D eigenvalue weighted by Gasteiger charge is -2.26. The molecule has 2 N–H and O–H groups in total. The van der Waals surface area contributed by atoms with Crippen LogP contribution < -0.4 is 4.90 Å². The van der Waals surface area contributed by atoms with Gasteiger partial charge in [0, 0.05) is 37.8 Å². The van der Waals surface area contributed by atoms with E-state index in [-0.39, 0.29) is 35.7 Å². The van der Waals surface area contributed by atoms with Crippen molar-refractivity contribution in [2.45, 2.75) is 77.5 Å². The van der Waals surface area contributed by atoms with E-state index in [1.807, 2.05) is 67.0 Å². The molecule has 2 saturated heterocycles. The van der Waals surface area contributed by atoms with Gasteiger partial charge in [-0.25, -0.2) is 9.97 Å². The summed E-state index contributed by atoms with van der Waals surface area (Å²) in [6, 6.07) is 33.4. The number of fused-ring (bicyclic) bond motifs is 2. The number of hydrogen-bond donors (Lipinski definition) is 2. The third-order valence-electron chi connectivity index (χ3n) is 10.9. The number of aromatic nitrogens is 4. The zero-order valence-electron chi connectivity index (χ0n) is 30.3. The zero-order chi connectivity index (χ0) is 35.8. The molecule has 0 radical (unpaired) electrons. The number of rotatable bonds is 10. The van der Waals surface area contributed by atoms with Crippen LogP contribution in [0.2, 0.25) is 0 Å². The second-order valence-corrected chi connectivity index (χ2v) is 14.8. The molecule has 8 rings (SSSR count). The number of nitrogens with zero attached hydrogens (tertiary/aromatic N) is 5. The third kappa shape index (κ3) is 6.67. The van der Waals surface area contributed by atoms with Crippen LogP contribution in [-0.2, 0) is 22.7 Å². The van der Waals surface area contributed by atoms with Crippen molar-refractivity contribution in [3.63, 3.8) is 0 Å². The summed E-state index contributed by atoms with van der Waals surface area (Å²) in [5.74, 6) is 1.85. The molecule has 0 spiro atoms. The van der Waals surface area contributed by atoms with Crippen molar-refractivity contribution in [3.05, 3.63) is 125 Å². The SMILES string of the molecule is CC(C)C(=O)N1CCCC1c1nc2ccc(CN(Cc3ccc4nc(C5CCCN5C(=O)C(C)c5ccccc5)[nH]c4c3)c3ccccc3)cc2[nH]1. The molecule has 2 aliphatic rings. The number of benzene rings is 4. The van der Waals surface area contributed by atoms with E-state index in [0.717, 1.165) is 83.7 Å². The number of amides is 2. The lowest BCUT2D eigenvalue weighted by atomic mass is 9.99. The van der Waals surface area contributed by atoms with E-state index in [4.69, 9.17) is 9.97 Å². The van der Waals surface area contributed by atoms with E-state index < -0.39 is 0 Å². The van der Waals surface area contributed by atoms with Gasteiger partial charge in [-0.3, -0.25) is 9.59 Å². The summed E-state index contributed by atoms with van der Waals surface area (Å²) in [6.07, 6.45) is 3.79. The van der Waals surface area contributed by atoms with E-state index in [1.165, 1.54) is 11.1 Å². The summed E-state index contributed by atoms with van der Waals surface area (Å²) in [5, 5.41) is 0. The lowest BCUT2D eigenvalue weighted by molar-refractivity contribution is -0.135. The zero-order valence-corrected chi connectivity index (χ0v) is 30.3. The Morgan fingerprint density at radius 1 is 0.692 bits per heavy atom. The van der Waals surface area contributed by atoms with Crippen LogP contribution in [0.3, 0.4) is 0 Å². The van der Waals surface area contributed by atoms with E-state index >= 15 is 0 Å². The van der Waals surface area contributed by atoms with Crippen molar-refractivity contribution in [1.82, 2.24) is 29.7 Å². The molecule has 0 saturated carbocycles. The van der Waals surface area contributed by atoms with Crippen LogP contribution in [0, 0.1) is 5.92 Å². The molecule has 4 aromatic carbocycles. The Morgan fingerprint density at radius 3 is 1.71 bits per heavy atom. The first-order valence-corrected chi connectivity index (χ1v) is 18.8. The maximum absolute atomic E-state index is 13.7. The van der Waals surface area contributed by atoms with Gasteiger partial charge in [-0.15, -0.1) is 0 Å². The van der Waals surface area contributed by atoms with Gasteiger partial charge < -0.3 is 24.7 Å². The molecular weight excluding hydrogens is 647 g/mol. The normalized spacial score (nSPS) is 18.2. The van der Waals surface area contributed by atoms with Crippen LogP contribution >= 0.6 is 0 Å². The number of anilines is 1. The smallest absolute Gasteiger partial charge is 0.230 e. The maximum atomic E-state index is 13.7. The van der Waals surface area contributed by atoms with Crippen molar-refractivity contribution in [2.75, 3.05) is 18.0 Å². The minimum Gasteiger partial charge on any atom is -0.363 e. The minimum atomic E-state index is -0.198. The molecule has 3 unspecified atom stereocenters. The maximum Gasteiger partial charge on any atom is 0.230 e. The fraction of sp³-hybridized carbons (Fsp3) is 0.349. The molecule has 9 heteroatoms. The van der Waals surface area contributed by atoms with Crippen molar-refractivity contribution >= 4 is 39.6 Å². The van der Waals surface area contributed by atoms with Crippen molar-refractivity contribution in [1.29, 1.82) is 0 Å². The molecule has 2 aromatic heterocycles. The minimum absolute atomic E-state index is 0.000406. The van der Waals surface area contributed by atoms with E-state index in [9.17, 15) is 9.59 Å². The van der Waals surface area contributed by atoms with Crippen LogP contribution in [0.15, 0.2) is 97.1 Å². The molecule has 9 nitrogen and oxygen atoms in total. The first-order chi connectivity index (χ1) is 25.3. The van der Waals surface area contributed by atoms with Gasteiger partial charge in [0.1, 0.15) is 11.6 Å². The fourth-order valence-corrected chi connectivity index (χ4v) is 8.08. The average molecular weight is 694 g/mol. The van der Waals surface area contributed by atoms with E-state index in [0.29, 0.717) is 13.1 Å². The first kappa shape index (κ1) is 33.7. The lowest BCUT2D eigenvalue weighted by Crippen LogP contribution is -2.34. The monoisotopic (exact) mass is 693 g/mol. The van der Waals surface area contributed by atoms with Gasteiger partial charge in [0.2, 0.25) is 11.8 Å². The summed E-state index contributed by atoms with van der Waals surface area (Å²) < 4.78 is 0. The molecule has 2 aliphatic heterocycles. The topological polar surface area (TPSA) is 101 Å². The highest BCUT2D eigenvalue weighted by Gasteiger charge is 2.35. The third-order valence-corrected chi connectivity index (χ3v) is 10.9. The number of H-pyrrole nitrogens is 2. The Bertz CT molecular complexity index is 2190. The largest absolute Gasteiger partial charge is 0.363 e. The molecule has 52 heavy (non-hydrogen) atoms. The average Bonchev–Trinajstić information content (AvgIpc) is 3.99. The van der Waals surface area contributed by atoms with Crippen molar-refractivity contribution in [3.8, 4) is 0 Å². The molecule has 3 atom stereocenters. The van der Waals surface area contributed by atoms with Crippen LogP contribution in [0.25, 0.3) is 22.1 Å². The van der Waals surface area contributed by atoms with Gasteiger partial charge in [-0.2, -0.15) is 0 Å². The molecule has 6 aromatic rings. The summed E-state index contributed by atoms with van der Waals surface area (Å²) >= 11 is 0. The number of carbonyl (C=O) groups excluding carboxylic acids is 2. The van der Waals surface area contributed by atoms with Crippen LogP contribution in [0.4, 0.5) is 5.69 Å². The molecular formula is C43H47N7O2. The Balaban J connectivity index is 1.02. The van der Waals surface area contributed by atoms with Gasteiger partial charge >= 0.3 is 0 Å². The molecule has 0 bridgehead atoms. The first-order valence-electron chi connectivity index (χ1n) is 18.8.